The van der Waals surface area contributed by atoms with Crippen LogP contribution in [-0.4, -0.2) is 54.6 Å². The molecule has 5 rings (SSSR count). The first kappa shape index (κ1) is 21.9. The Labute approximate surface area is 197 Å². The highest BCUT2D eigenvalue weighted by atomic mass is 16.7. The largest absolute Gasteiger partial charge is 0.454 e. The molecule has 174 valence electrons. The third-order valence-electron chi connectivity index (χ3n) is 5.82. The summed E-state index contributed by atoms with van der Waals surface area (Å²) >= 11 is 0. The maximum atomic E-state index is 12.8. The molecule has 1 saturated heterocycles. The lowest BCUT2D eigenvalue weighted by atomic mass is 9.99. The SMILES string of the molecule is N=C(C(=O)Nc1ccc2c(c1)OCO2)c1cc(-c2cncc(CN3CCOCC3)c2)ccc1N. The number of hydrogen-bond acceptors (Lipinski definition) is 8. The van der Waals surface area contributed by atoms with Crippen molar-refractivity contribution in [2.24, 2.45) is 0 Å². The van der Waals surface area contributed by atoms with Gasteiger partial charge >= 0.3 is 0 Å². The molecule has 34 heavy (non-hydrogen) atoms. The van der Waals surface area contributed by atoms with Crippen LogP contribution in [0.4, 0.5) is 11.4 Å². The number of nitrogens with one attached hydrogen (secondary N) is 2. The fourth-order valence-corrected chi connectivity index (χ4v) is 3.99. The number of nitrogen functional groups attached to an aromatic ring is 1. The highest BCUT2D eigenvalue weighted by Crippen LogP contribution is 2.34. The number of carbonyl (C=O) groups is 1. The predicted octanol–water partition coefficient (Wildman–Crippen LogP) is 2.90. The van der Waals surface area contributed by atoms with Crippen LogP contribution in [0.1, 0.15) is 11.1 Å². The summed E-state index contributed by atoms with van der Waals surface area (Å²) in [5, 5.41) is 11.2. The van der Waals surface area contributed by atoms with Crippen LogP contribution < -0.4 is 20.5 Å². The summed E-state index contributed by atoms with van der Waals surface area (Å²) in [6.07, 6.45) is 3.63. The van der Waals surface area contributed by atoms with E-state index in [1.807, 2.05) is 12.3 Å². The van der Waals surface area contributed by atoms with Gasteiger partial charge in [-0.2, -0.15) is 0 Å². The first-order chi connectivity index (χ1) is 16.6. The topological polar surface area (TPSA) is 123 Å². The van der Waals surface area contributed by atoms with Crippen molar-refractivity contribution in [2.45, 2.75) is 6.54 Å². The fraction of sp³-hybridized carbons (Fsp3) is 0.240. The van der Waals surface area contributed by atoms with E-state index >= 15 is 0 Å². The Morgan fingerprint density at radius 1 is 1.03 bits per heavy atom. The van der Waals surface area contributed by atoms with E-state index in [1.54, 1.807) is 36.5 Å². The van der Waals surface area contributed by atoms with Gasteiger partial charge in [-0.05, 0) is 41.5 Å². The number of nitrogens with zero attached hydrogens (tertiary/aromatic N) is 2. The molecule has 0 aliphatic carbocycles. The number of rotatable bonds is 6. The molecule has 0 atom stereocenters. The van der Waals surface area contributed by atoms with Crippen LogP contribution in [0.15, 0.2) is 54.9 Å². The summed E-state index contributed by atoms with van der Waals surface area (Å²) in [4.78, 5) is 19.5. The Bertz CT molecular complexity index is 1240. The van der Waals surface area contributed by atoms with Crippen LogP contribution in [0.5, 0.6) is 11.5 Å². The molecule has 3 aromatic rings. The molecule has 3 heterocycles. The van der Waals surface area contributed by atoms with Crippen molar-refractivity contribution in [3.63, 3.8) is 0 Å². The minimum atomic E-state index is -0.568. The molecule has 0 unspecified atom stereocenters. The second-order valence-corrected chi connectivity index (χ2v) is 8.17. The highest BCUT2D eigenvalue weighted by molar-refractivity contribution is 6.48. The van der Waals surface area contributed by atoms with E-state index in [9.17, 15) is 4.79 Å². The highest BCUT2D eigenvalue weighted by Gasteiger charge is 2.19. The van der Waals surface area contributed by atoms with Gasteiger partial charge in [0.1, 0.15) is 5.71 Å². The van der Waals surface area contributed by atoms with Crippen LogP contribution in [0.2, 0.25) is 0 Å². The van der Waals surface area contributed by atoms with Crippen LogP contribution in [0, 0.1) is 5.41 Å². The average Bonchev–Trinajstić information content (AvgIpc) is 3.33. The second kappa shape index (κ2) is 9.50. The van der Waals surface area contributed by atoms with Crippen molar-refractivity contribution < 1.29 is 19.0 Å². The van der Waals surface area contributed by atoms with Gasteiger partial charge < -0.3 is 25.3 Å². The van der Waals surface area contributed by atoms with Crippen molar-refractivity contribution >= 4 is 23.0 Å². The zero-order valence-electron chi connectivity index (χ0n) is 18.5. The van der Waals surface area contributed by atoms with Gasteiger partial charge in [-0.15, -0.1) is 0 Å². The number of fused-ring (bicyclic) bond motifs is 1. The first-order valence-electron chi connectivity index (χ1n) is 11.0. The second-order valence-electron chi connectivity index (χ2n) is 8.17. The van der Waals surface area contributed by atoms with Crippen LogP contribution in [0.25, 0.3) is 11.1 Å². The molecule has 0 radical (unpaired) electrons. The number of anilines is 2. The molecular formula is C25H25N5O4. The van der Waals surface area contributed by atoms with Gasteiger partial charge in [0.25, 0.3) is 5.91 Å². The Kier molecular flexibility index (Phi) is 6.11. The Morgan fingerprint density at radius 3 is 2.71 bits per heavy atom. The van der Waals surface area contributed by atoms with Crippen LogP contribution in [0.3, 0.4) is 0 Å². The Balaban J connectivity index is 1.33. The summed E-state index contributed by atoms with van der Waals surface area (Å²) in [6.45, 7) is 4.21. The van der Waals surface area contributed by atoms with Crippen molar-refractivity contribution in [3.05, 3.63) is 66.0 Å². The third-order valence-corrected chi connectivity index (χ3v) is 5.82. The summed E-state index contributed by atoms with van der Waals surface area (Å²) in [5.74, 6) is 0.603. The molecule has 2 aliphatic rings. The number of morpholine rings is 1. The van der Waals surface area contributed by atoms with Crippen molar-refractivity contribution in [1.29, 1.82) is 5.41 Å². The zero-order valence-corrected chi connectivity index (χ0v) is 18.5. The van der Waals surface area contributed by atoms with Gasteiger partial charge in [0.05, 0.1) is 13.2 Å². The number of benzene rings is 2. The number of carbonyl (C=O) groups excluding carboxylic acids is 1. The number of pyridine rings is 1. The molecule has 9 heteroatoms. The summed E-state index contributed by atoms with van der Waals surface area (Å²) in [6, 6.07) is 12.5. The minimum absolute atomic E-state index is 0.147. The summed E-state index contributed by atoms with van der Waals surface area (Å²) in [7, 11) is 0. The molecule has 9 nitrogen and oxygen atoms in total. The number of aromatic nitrogens is 1. The zero-order chi connectivity index (χ0) is 23.5. The van der Waals surface area contributed by atoms with E-state index in [1.165, 1.54) is 0 Å². The average molecular weight is 460 g/mol. The molecule has 1 amide bonds. The van der Waals surface area contributed by atoms with Crippen LogP contribution in [-0.2, 0) is 16.1 Å². The quantitative estimate of drug-likeness (QED) is 0.383. The molecule has 0 saturated carbocycles. The van der Waals surface area contributed by atoms with Gasteiger partial charge in [0.2, 0.25) is 6.79 Å². The smallest absolute Gasteiger partial charge is 0.274 e. The standard InChI is InChI=1S/C25H25N5O4/c26-21-3-1-17(18-9-16(12-28-13-18)14-30-5-7-32-8-6-30)10-20(21)24(27)25(31)29-19-2-4-22-23(11-19)34-15-33-22/h1-4,9-13,27H,5-8,14-15,26H2,(H,29,31). The van der Waals surface area contributed by atoms with E-state index in [2.05, 4.69) is 21.3 Å². The van der Waals surface area contributed by atoms with Gasteiger partial charge in [0, 0.05) is 60.6 Å². The van der Waals surface area contributed by atoms with Gasteiger partial charge in [-0.3, -0.25) is 20.1 Å². The molecule has 4 N–H and O–H groups in total. The van der Waals surface area contributed by atoms with E-state index < -0.39 is 5.91 Å². The molecule has 1 aromatic heterocycles. The molecule has 1 fully saturated rings. The monoisotopic (exact) mass is 459 g/mol. The molecule has 2 aliphatic heterocycles. The fourth-order valence-electron chi connectivity index (χ4n) is 3.99. The van der Waals surface area contributed by atoms with Crippen molar-refractivity contribution in [2.75, 3.05) is 44.1 Å². The van der Waals surface area contributed by atoms with Crippen LogP contribution >= 0.6 is 0 Å². The van der Waals surface area contributed by atoms with E-state index in [0.29, 0.717) is 28.4 Å². The van der Waals surface area contributed by atoms with Crippen molar-refractivity contribution in [1.82, 2.24) is 9.88 Å². The first-order valence-corrected chi connectivity index (χ1v) is 11.0. The minimum Gasteiger partial charge on any atom is -0.454 e. The molecule has 2 aromatic carbocycles. The van der Waals surface area contributed by atoms with Gasteiger partial charge in [-0.1, -0.05) is 6.07 Å². The van der Waals surface area contributed by atoms with Gasteiger partial charge in [0.15, 0.2) is 11.5 Å². The summed E-state index contributed by atoms with van der Waals surface area (Å²) in [5.41, 5.74) is 9.95. The predicted molar refractivity (Wildman–Crippen MR) is 128 cm³/mol. The maximum absolute atomic E-state index is 12.8. The van der Waals surface area contributed by atoms with E-state index in [0.717, 1.165) is 49.5 Å². The Hall–Kier alpha value is -3.95. The normalized spacial score (nSPS) is 15.2. The summed E-state index contributed by atoms with van der Waals surface area (Å²) < 4.78 is 16.1. The number of amides is 1. The number of ether oxygens (including phenoxy) is 3. The van der Waals surface area contributed by atoms with Crippen molar-refractivity contribution in [3.8, 4) is 22.6 Å². The van der Waals surface area contributed by atoms with E-state index in [4.69, 9.17) is 25.4 Å². The third kappa shape index (κ3) is 4.70. The number of hydrogen-bond donors (Lipinski definition) is 3. The Morgan fingerprint density at radius 2 is 1.85 bits per heavy atom. The molecule has 0 spiro atoms. The molecule has 0 bridgehead atoms. The lowest BCUT2D eigenvalue weighted by molar-refractivity contribution is -0.110. The molecular weight excluding hydrogens is 434 g/mol. The lowest BCUT2D eigenvalue weighted by Crippen LogP contribution is -2.35. The maximum Gasteiger partial charge on any atom is 0.274 e. The lowest BCUT2D eigenvalue weighted by Gasteiger charge is -2.26. The van der Waals surface area contributed by atoms with E-state index in [-0.39, 0.29) is 12.5 Å². The van der Waals surface area contributed by atoms with Gasteiger partial charge in [-0.25, -0.2) is 0 Å². The number of nitrogens with two attached hydrogens (primary N) is 1.